The first-order valence-electron chi connectivity index (χ1n) is 6.75. The van der Waals surface area contributed by atoms with Crippen LogP contribution in [0.3, 0.4) is 0 Å². The minimum absolute atomic E-state index is 0.587. The van der Waals surface area contributed by atoms with Gasteiger partial charge in [0.1, 0.15) is 12.4 Å². The number of fused-ring (bicyclic) bond motifs is 1. The van der Waals surface area contributed by atoms with Gasteiger partial charge in [-0.2, -0.15) is 4.37 Å². The molecule has 0 bridgehead atoms. The molecule has 0 atom stereocenters. The first-order chi connectivity index (χ1) is 10.2. The van der Waals surface area contributed by atoms with E-state index in [0.29, 0.717) is 6.61 Å². The van der Waals surface area contributed by atoms with Crippen molar-refractivity contribution >= 4 is 43.6 Å². The van der Waals surface area contributed by atoms with E-state index >= 15 is 0 Å². The van der Waals surface area contributed by atoms with E-state index in [1.165, 1.54) is 22.5 Å². The summed E-state index contributed by atoms with van der Waals surface area (Å²) in [4.78, 5) is 0. The number of nitrogens with zero attached hydrogens (tertiary/aromatic N) is 1. The fourth-order valence-electron chi connectivity index (χ4n) is 1.75. The molecule has 1 aromatic carbocycles. The molecule has 110 valence electrons. The fraction of sp³-hybridized carbons (Fsp3) is 0.235. The summed E-state index contributed by atoms with van der Waals surface area (Å²) < 4.78 is 11.3. The third kappa shape index (κ3) is 4.83. The maximum atomic E-state index is 5.68. The van der Waals surface area contributed by atoms with E-state index < -0.39 is 0 Å². The minimum Gasteiger partial charge on any atom is -0.489 e. The van der Waals surface area contributed by atoms with Gasteiger partial charge in [0.05, 0.1) is 10.4 Å². The Hall–Kier alpha value is -1.39. The molecule has 0 aliphatic heterocycles. The number of benzene rings is 1. The third-order valence-corrected chi connectivity index (χ3v) is 3.95. The Kier molecular flexibility index (Phi) is 6.21. The molecule has 0 saturated carbocycles. The highest BCUT2D eigenvalue weighted by Crippen LogP contribution is 2.27. The molecule has 0 N–H and O–H groups in total. The van der Waals surface area contributed by atoms with Crippen molar-refractivity contribution in [2.45, 2.75) is 13.8 Å². The van der Waals surface area contributed by atoms with Crippen LogP contribution in [0, 0.1) is 0 Å². The zero-order valence-electron chi connectivity index (χ0n) is 12.2. The van der Waals surface area contributed by atoms with Gasteiger partial charge in [0.25, 0.3) is 0 Å². The summed E-state index contributed by atoms with van der Waals surface area (Å²) in [6.45, 7) is 4.75. The lowest BCUT2D eigenvalue weighted by Gasteiger charge is -2.02. The van der Waals surface area contributed by atoms with Gasteiger partial charge in [-0.1, -0.05) is 45.8 Å². The van der Waals surface area contributed by atoms with Crippen molar-refractivity contribution in [1.82, 2.24) is 4.37 Å². The van der Waals surface area contributed by atoms with Crippen LogP contribution < -0.4 is 4.74 Å². The summed E-state index contributed by atoms with van der Waals surface area (Å²) >= 11 is 4.84. The van der Waals surface area contributed by atoms with Crippen LogP contribution in [0.4, 0.5) is 0 Å². The van der Waals surface area contributed by atoms with Gasteiger partial charge in [-0.05, 0) is 49.7 Å². The molecule has 2 aromatic rings. The summed E-state index contributed by atoms with van der Waals surface area (Å²) in [5, 5.41) is 2.02. The first-order valence-corrected chi connectivity index (χ1v) is 8.65. The van der Waals surface area contributed by atoms with Gasteiger partial charge in [0.2, 0.25) is 0 Å². The van der Waals surface area contributed by atoms with Crippen LogP contribution in [-0.2, 0) is 0 Å². The first kappa shape index (κ1) is 16.0. The Labute approximate surface area is 138 Å². The highest BCUT2D eigenvalue weighted by Gasteiger charge is 2.04. The van der Waals surface area contributed by atoms with E-state index in [2.05, 4.69) is 46.3 Å². The second-order valence-corrected chi connectivity index (χ2v) is 6.22. The summed E-state index contributed by atoms with van der Waals surface area (Å²) in [6, 6.07) is 6.12. The average molecular weight is 364 g/mol. The number of rotatable bonds is 6. The Morgan fingerprint density at radius 1 is 1.33 bits per heavy atom. The molecule has 2 nitrogen and oxygen atoms in total. The van der Waals surface area contributed by atoms with Crippen LogP contribution in [-0.4, -0.2) is 16.3 Å². The van der Waals surface area contributed by atoms with Crippen molar-refractivity contribution in [3.8, 4) is 5.75 Å². The topological polar surface area (TPSA) is 22.1 Å². The van der Waals surface area contributed by atoms with E-state index in [9.17, 15) is 0 Å². The maximum absolute atomic E-state index is 5.68. The molecule has 0 fully saturated rings. The van der Waals surface area contributed by atoms with Crippen LogP contribution in [0.1, 0.15) is 19.5 Å². The van der Waals surface area contributed by atoms with E-state index in [0.717, 1.165) is 21.5 Å². The van der Waals surface area contributed by atoms with Crippen molar-refractivity contribution in [3.05, 3.63) is 53.8 Å². The molecule has 21 heavy (non-hydrogen) atoms. The lowest BCUT2D eigenvalue weighted by Crippen LogP contribution is -1.92. The molecule has 0 amide bonds. The van der Waals surface area contributed by atoms with Crippen LogP contribution in [0.15, 0.2) is 48.1 Å². The molecule has 0 aliphatic rings. The highest BCUT2D eigenvalue weighted by molar-refractivity contribution is 9.09. The SMILES string of the molecule is CC(C)=C/C=C/c1nsc2cc(OC/C=C/CBr)ccc12. The smallest absolute Gasteiger partial charge is 0.121 e. The van der Waals surface area contributed by atoms with Crippen molar-refractivity contribution in [3.63, 3.8) is 0 Å². The van der Waals surface area contributed by atoms with Crippen molar-refractivity contribution < 1.29 is 4.74 Å². The second kappa shape index (κ2) is 8.15. The van der Waals surface area contributed by atoms with Crippen molar-refractivity contribution in [2.75, 3.05) is 11.9 Å². The summed E-state index contributed by atoms with van der Waals surface area (Å²) in [5.41, 5.74) is 2.29. The molecule has 4 heteroatoms. The molecule has 0 saturated heterocycles. The number of hydrogen-bond acceptors (Lipinski definition) is 3. The van der Waals surface area contributed by atoms with Crippen molar-refractivity contribution in [2.24, 2.45) is 0 Å². The number of allylic oxidation sites excluding steroid dienone is 4. The van der Waals surface area contributed by atoms with Crippen molar-refractivity contribution in [1.29, 1.82) is 0 Å². The second-order valence-electron chi connectivity index (χ2n) is 4.77. The summed E-state index contributed by atoms with van der Waals surface area (Å²) in [6.07, 6.45) is 10.2. The predicted octanol–water partition coefficient (Wildman–Crippen LogP) is 5.61. The van der Waals surface area contributed by atoms with E-state index in [1.807, 2.05) is 36.4 Å². The monoisotopic (exact) mass is 363 g/mol. The van der Waals surface area contributed by atoms with Gasteiger partial charge in [-0.3, -0.25) is 0 Å². The summed E-state index contributed by atoms with van der Waals surface area (Å²) in [7, 11) is 0. The molecular weight excluding hydrogens is 346 g/mol. The fourth-order valence-corrected chi connectivity index (χ4v) is 2.81. The van der Waals surface area contributed by atoms with Crippen LogP contribution in [0.5, 0.6) is 5.75 Å². The molecule has 0 aliphatic carbocycles. The summed E-state index contributed by atoms with van der Waals surface area (Å²) in [5.74, 6) is 0.880. The van der Waals surface area contributed by atoms with Gasteiger partial charge in [0.15, 0.2) is 0 Å². The van der Waals surface area contributed by atoms with Gasteiger partial charge in [-0.15, -0.1) is 0 Å². The lowest BCUT2D eigenvalue weighted by atomic mass is 10.2. The molecule has 0 unspecified atom stereocenters. The molecule has 2 rings (SSSR count). The van der Waals surface area contributed by atoms with Gasteiger partial charge in [-0.25, -0.2) is 0 Å². The number of alkyl halides is 1. The Morgan fingerprint density at radius 3 is 2.95 bits per heavy atom. The Morgan fingerprint density at radius 2 is 2.19 bits per heavy atom. The Balaban J connectivity index is 2.13. The highest BCUT2D eigenvalue weighted by atomic mass is 79.9. The van der Waals surface area contributed by atoms with Gasteiger partial charge >= 0.3 is 0 Å². The van der Waals surface area contributed by atoms with Crippen LogP contribution in [0.25, 0.3) is 16.2 Å². The molecule has 0 spiro atoms. The third-order valence-electron chi connectivity index (χ3n) is 2.76. The normalized spacial score (nSPS) is 11.6. The molecule has 1 aromatic heterocycles. The average Bonchev–Trinajstić information content (AvgIpc) is 2.86. The van der Waals surface area contributed by atoms with E-state index in [-0.39, 0.29) is 0 Å². The van der Waals surface area contributed by atoms with Crippen LogP contribution in [0.2, 0.25) is 0 Å². The largest absolute Gasteiger partial charge is 0.489 e. The van der Waals surface area contributed by atoms with Gasteiger partial charge < -0.3 is 4.74 Å². The number of ether oxygens (including phenoxy) is 1. The standard InChI is InChI=1S/C17H18BrNOS/c1-13(2)6-5-7-16-15-9-8-14(12-17(15)21-19-16)20-11-4-3-10-18/h3-9,12H,10-11H2,1-2H3/b4-3+,7-5+. The zero-order valence-corrected chi connectivity index (χ0v) is 14.6. The van der Waals surface area contributed by atoms with E-state index in [4.69, 9.17) is 4.74 Å². The maximum Gasteiger partial charge on any atom is 0.121 e. The van der Waals surface area contributed by atoms with Gasteiger partial charge in [0, 0.05) is 10.7 Å². The zero-order chi connectivity index (χ0) is 15.1. The quantitative estimate of drug-likeness (QED) is 0.378. The number of halogens is 1. The molecule has 0 radical (unpaired) electrons. The van der Waals surface area contributed by atoms with Crippen LogP contribution >= 0.6 is 27.5 Å². The minimum atomic E-state index is 0.587. The van der Waals surface area contributed by atoms with E-state index in [1.54, 1.807) is 0 Å². The Bertz CT molecular complexity index is 681. The number of hydrogen-bond donors (Lipinski definition) is 0. The number of aromatic nitrogens is 1. The lowest BCUT2D eigenvalue weighted by molar-refractivity contribution is 0.363. The molecule has 1 heterocycles. The predicted molar refractivity (Wildman–Crippen MR) is 96.5 cm³/mol. The molecular formula is C17H18BrNOS.